The number of nitrogens with one attached hydrogen (secondary N) is 1. The summed E-state index contributed by atoms with van der Waals surface area (Å²) in [6.45, 7) is 4.94. The predicted octanol–water partition coefficient (Wildman–Crippen LogP) is 5.59. The number of nitrogens with zero attached hydrogens (tertiary/aromatic N) is 3. The topological polar surface area (TPSA) is 103 Å². The van der Waals surface area contributed by atoms with Crippen molar-refractivity contribution >= 4 is 23.6 Å². The molecular weight excluding hydrogens is 568 g/mol. The van der Waals surface area contributed by atoms with Crippen molar-refractivity contribution in [2.45, 2.75) is 70.4 Å². The molecule has 3 aromatic rings. The number of carbonyl (C=O) groups excluding carboxylic acids is 2. The minimum atomic E-state index is -4.50. The molecule has 1 aliphatic rings. The molecule has 1 unspecified atom stereocenters. The second-order valence-corrected chi connectivity index (χ2v) is 11.4. The van der Waals surface area contributed by atoms with Gasteiger partial charge in [0.15, 0.2) is 0 Å². The van der Waals surface area contributed by atoms with Gasteiger partial charge in [0.2, 0.25) is 11.8 Å². The highest BCUT2D eigenvalue weighted by molar-refractivity contribution is 6.01. The molecule has 0 aliphatic carbocycles. The number of anilines is 1. The second-order valence-electron chi connectivity index (χ2n) is 11.4. The average Bonchev–Trinajstić information content (AvgIpc) is 2.91. The van der Waals surface area contributed by atoms with Crippen molar-refractivity contribution < 1.29 is 37.1 Å². The Kier molecular flexibility index (Phi) is 9.07. The number of hydrogen-bond acceptors (Lipinski definition) is 4. The van der Waals surface area contributed by atoms with Crippen molar-refractivity contribution in [2.24, 2.45) is 0 Å². The van der Waals surface area contributed by atoms with Crippen LogP contribution in [0.25, 0.3) is 0 Å². The van der Waals surface area contributed by atoms with E-state index >= 15 is 0 Å². The Morgan fingerprint density at radius 1 is 1.07 bits per heavy atom. The molecule has 0 radical (unpaired) electrons. The molecule has 1 aromatic heterocycles. The van der Waals surface area contributed by atoms with Gasteiger partial charge in [-0.3, -0.25) is 19.5 Å². The third-order valence-corrected chi connectivity index (χ3v) is 7.20. The Labute approximate surface area is 246 Å². The second kappa shape index (κ2) is 12.4. The third kappa shape index (κ3) is 7.49. The molecule has 1 aliphatic heterocycles. The van der Waals surface area contributed by atoms with E-state index in [1.54, 1.807) is 39.0 Å². The summed E-state index contributed by atoms with van der Waals surface area (Å²) in [5, 5.41) is 12.7. The van der Waals surface area contributed by atoms with E-state index in [1.807, 2.05) is 0 Å². The lowest BCUT2D eigenvalue weighted by atomic mass is 9.95. The number of carbonyl (C=O) groups is 3. The molecule has 0 spiro atoms. The highest BCUT2D eigenvalue weighted by atomic mass is 19.4. The zero-order valence-corrected chi connectivity index (χ0v) is 23.9. The van der Waals surface area contributed by atoms with Crippen molar-refractivity contribution in [3.05, 3.63) is 95.1 Å². The molecule has 43 heavy (non-hydrogen) atoms. The molecular formula is C31H32F4N4O4. The molecule has 0 fully saturated rings. The quantitative estimate of drug-likeness (QED) is 0.328. The predicted molar refractivity (Wildman–Crippen MR) is 151 cm³/mol. The number of fused-ring (bicyclic) bond motifs is 1. The molecule has 0 saturated heterocycles. The molecule has 8 nitrogen and oxygen atoms in total. The van der Waals surface area contributed by atoms with E-state index in [1.165, 1.54) is 41.4 Å². The van der Waals surface area contributed by atoms with Gasteiger partial charge in [0.05, 0.1) is 23.5 Å². The number of hydrogen-bond donors (Lipinski definition) is 2. The van der Waals surface area contributed by atoms with Crippen LogP contribution >= 0.6 is 0 Å². The van der Waals surface area contributed by atoms with E-state index in [0.29, 0.717) is 16.9 Å². The molecule has 4 rings (SSSR count). The molecule has 0 bridgehead atoms. The van der Waals surface area contributed by atoms with E-state index in [9.17, 15) is 37.1 Å². The number of carboxylic acid groups (broad SMARTS) is 1. The van der Waals surface area contributed by atoms with Gasteiger partial charge in [0.25, 0.3) is 0 Å². The first-order valence-electron chi connectivity index (χ1n) is 13.6. The first-order valence-corrected chi connectivity index (χ1v) is 13.6. The van der Waals surface area contributed by atoms with Gasteiger partial charge in [0, 0.05) is 30.6 Å². The van der Waals surface area contributed by atoms with Crippen molar-refractivity contribution in [3.63, 3.8) is 0 Å². The number of aromatic nitrogens is 1. The van der Waals surface area contributed by atoms with Crippen LogP contribution in [0, 0.1) is 5.82 Å². The van der Waals surface area contributed by atoms with E-state index in [2.05, 4.69) is 10.3 Å². The zero-order valence-electron chi connectivity index (χ0n) is 23.9. The molecule has 2 atom stereocenters. The maximum absolute atomic E-state index is 14.5. The Balaban J connectivity index is 1.57. The van der Waals surface area contributed by atoms with Crippen molar-refractivity contribution in [2.75, 3.05) is 4.90 Å². The number of rotatable bonds is 8. The largest absolute Gasteiger partial charge is 0.465 e. The van der Waals surface area contributed by atoms with Gasteiger partial charge in [-0.1, -0.05) is 30.3 Å². The van der Waals surface area contributed by atoms with Crippen LogP contribution in [0.1, 0.15) is 49.6 Å². The van der Waals surface area contributed by atoms with Crippen LogP contribution in [0.15, 0.2) is 66.9 Å². The number of halogens is 4. The fourth-order valence-electron chi connectivity index (χ4n) is 5.31. The SMILES string of the molecule is CC(C)(C)N(C(=O)O)[C@@H](CC(=O)NC1Cc2ncccc2N(Cc2ccc(C(F)(F)F)cc2)C1=O)Cc1ccccc1F. The summed E-state index contributed by atoms with van der Waals surface area (Å²) in [6.07, 6.45) is -4.62. The van der Waals surface area contributed by atoms with Crippen LogP contribution < -0.4 is 10.2 Å². The lowest BCUT2D eigenvalue weighted by Crippen LogP contribution is -2.56. The van der Waals surface area contributed by atoms with Crippen molar-refractivity contribution in [3.8, 4) is 0 Å². The molecule has 228 valence electrons. The maximum atomic E-state index is 14.5. The van der Waals surface area contributed by atoms with E-state index < -0.39 is 53.1 Å². The zero-order chi connectivity index (χ0) is 31.5. The highest BCUT2D eigenvalue weighted by Crippen LogP contribution is 2.31. The van der Waals surface area contributed by atoms with Crippen molar-refractivity contribution in [1.82, 2.24) is 15.2 Å². The maximum Gasteiger partial charge on any atom is 0.416 e. The third-order valence-electron chi connectivity index (χ3n) is 7.20. The number of alkyl halides is 3. The monoisotopic (exact) mass is 600 g/mol. The molecule has 0 saturated carbocycles. The number of pyridine rings is 1. The molecule has 12 heteroatoms. The minimum Gasteiger partial charge on any atom is -0.465 e. The Morgan fingerprint density at radius 2 is 1.74 bits per heavy atom. The smallest absolute Gasteiger partial charge is 0.416 e. The lowest BCUT2D eigenvalue weighted by Gasteiger charge is -2.40. The van der Waals surface area contributed by atoms with Gasteiger partial charge in [-0.05, 0) is 68.7 Å². The summed E-state index contributed by atoms with van der Waals surface area (Å²) in [6, 6.07) is 11.6. The first-order chi connectivity index (χ1) is 20.1. The Bertz CT molecular complexity index is 1490. The average molecular weight is 601 g/mol. The van der Waals surface area contributed by atoms with E-state index in [0.717, 1.165) is 17.0 Å². The van der Waals surface area contributed by atoms with Crippen LogP contribution in [0.5, 0.6) is 0 Å². The summed E-state index contributed by atoms with van der Waals surface area (Å²) < 4.78 is 53.6. The van der Waals surface area contributed by atoms with E-state index in [4.69, 9.17) is 0 Å². The fraction of sp³-hybridized carbons (Fsp3) is 0.355. The van der Waals surface area contributed by atoms with E-state index in [-0.39, 0.29) is 31.4 Å². The summed E-state index contributed by atoms with van der Waals surface area (Å²) in [7, 11) is 0. The highest BCUT2D eigenvalue weighted by Gasteiger charge is 2.38. The minimum absolute atomic E-state index is 0.0597. The Morgan fingerprint density at radius 3 is 2.35 bits per heavy atom. The van der Waals surface area contributed by atoms with Crippen LogP contribution in [-0.4, -0.2) is 50.5 Å². The van der Waals surface area contributed by atoms with Crippen LogP contribution in [-0.2, 0) is 35.2 Å². The van der Waals surface area contributed by atoms with Gasteiger partial charge in [0.1, 0.15) is 11.9 Å². The lowest BCUT2D eigenvalue weighted by molar-refractivity contribution is -0.137. The summed E-state index contributed by atoms with van der Waals surface area (Å²) in [5.41, 5.74) is -0.0849. The van der Waals surface area contributed by atoms with Crippen molar-refractivity contribution in [1.29, 1.82) is 0 Å². The number of amides is 3. The fourth-order valence-corrected chi connectivity index (χ4v) is 5.31. The summed E-state index contributed by atoms with van der Waals surface area (Å²) in [4.78, 5) is 46.1. The summed E-state index contributed by atoms with van der Waals surface area (Å²) in [5.74, 6) is -1.65. The van der Waals surface area contributed by atoms with Crippen LogP contribution in [0.2, 0.25) is 0 Å². The normalized spacial score (nSPS) is 15.9. The standard InChI is InChI=1S/C31H32F4N4O4/c1-30(2,3)39(29(42)43)22(15-20-7-4-5-8-23(20)32)16-27(40)37-25-17-24-26(9-6-14-36-24)38(28(25)41)18-19-10-12-21(13-11-19)31(33,34)35/h4-14,22,25H,15-18H2,1-3H3,(H,37,40)(H,42,43)/t22-,25?/m1/s1. The Hall–Kier alpha value is -4.48. The molecule has 2 N–H and O–H groups in total. The molecule has 2 heterocycles. The molecule has 3 amide bonds. The molecule has 2 aromatic carbocycles. The number of benzene rings is 2. The first kappa shape index (κ1) is 31.5. The van der Waals surface area contributed by atoms with Gasteiger partial charge in [-0.25, -0.2) is 9.18 Å². The summed E-state index contributed by atoms with van der Waals surface area (Å²) >= 11 is 0. The van der Waals surface area contributed by atoms with Gasteiger partial charge in [-0.2, -0.15) is 13.2 Å². The van der Waals surface area contributed by atoms with Crippen LogP contribution in [0.4, 0.5) is 28.0 Å². The van der Waals surface area contributed by atoms with Crippen LogP contribution in [0.3, 0.4) is 0 Å². The van der Waals surface area contributed by atoms with Gasteiger partial charge < -0.3 is 15.3 Å². The van der Waals surface area contributed by atoms with Gasteiger partial charge in [-0.15, -0.1) is 0 Å². The van der Waals surface area contributed by atoms with Gasteiger partial charge >= 0.3 is 12.3 Å².